The van der Waals surface area contributed by atoms with Crippen LogP contribution in [-0.4, -0.2) is 77.5 Å². The fraction of sp³-hybridized carbons (Fsp3) is 0.600. The second-order valence-corrected chi connectivity index (χ2v) is 9.56. The fourth-order valence-corrected chi connectivity index (χ4v) is 5.52. The molecule has 0 aromatic heterocycles. The summed E-state index contributed by atoms with van der Waals surface area (Å²) in [5.74, 6) is -1.44. The minimum Gasteiger partial charge on any atom is -0.465 e. The molecule has 1 aliphatic rings. The van der Waals surface area contributed by atoms with Gasteiger partial charge in [-0.25, -0.2) is 0 Å². The van der Waals surface area contributed by atoms with Crippen molar-refractivity contribution in [2.24, 2.45) is 5.92 Å². The Hall–Kier alpha value is -2.77. The summed E-state index contributed by atoms with van der Waals surface area (Å²) in [5, 5.41) is 15.2. The lowest BCUT2D eigenvalue weighted by Crippen LogP contribution is -2.36. The van der Waals surface area contributed by atoms with Gasteiger partial charge < -0.3 is 20.3 Å². The zero-order chi connectivity index (χ0) is 25.8. The predicted molar refractivity (Wildman–Crippen MR) is 139 cm³/mol. The number of esters is 1. The number of carbonyl (C=O) groups is 3. The maximum Gasteiger partial charge on any atom is 0.323 e. The summed E-state index contributed by atoms with van der Waals surface area (Å²) in [6.07, 6.45) is 0.865. The normalized spacial score (nSPS) is 18.3. The van der Waals surface area contributed by atoms with Crippen LogP contribution in [0.3, 0.4) is 0 Å². The van der Waals surface area contributed by atoms with Crippen LogP contribution >= 0.6 is 11.8 Å². The predicted octanol–water partition coefficient (Wildman–Crippen LogP) is 3.15. The molecule has 2 amide bonds. The van der Waals surface area contributed by atoms with Crippen LogP contribution in [0.2, 0.25) is 0 Å². The van der Waals surface area contributed by atoms with Crippen molar-refractivity contribution < 1.29 is 19.1 Å². The fourth-order valence-electron chi connectivity index (χ4n) is 3.93. The molecule has 1 aromatic rings. The second-order valence-electron chi connectivity index (χ2n) is 8.18. The lowest BCUT2D eigenvalue weighted by molar-refractivity contribution is -0.146. The number of carbonyl (C=O) groups excluding carboxylic acids is 3. The number of ether oxygens (including phenoxy) is 1. The molecule has 2 rings (SSSR count). The Kier molecular flexibility index (Phi) is 11.9. The number of thioether (sulfide) groups is 1. The van der Waals surface area contributed by atoms with Crippen molar-refractivity contribution >= 4 is 40.9 Å². The minimum atomic E-state index is -0.883. The van der Waals surface area contributed by atoms with E-state index in [1.807, 2.05) is 56.0 Å². The molecule has 35 heavy (non-hydrogen) atoms. The molecule has 0 bridgehead atoms. The van der Waals surface area contributed by atoms with Gasteiger partial charge in [0.1, 0.15) is 5.92 Å². The molecule has 3 unspecified atom stereocenters. The number of anilines is 2. The van der Waals surface area contributed by atoms with Crippen LogP contribution in [0.25, 0.3) is 0 Å². The molecule has 0 spiro atoms. The Balaban J connectivity index is 1.89. The van der Waals surface area contributed by atoms with Crippen molar-refractivity contribution in [2.75, 3.05) is 50.0 Å². The maximum atomic E-state index is 12.9. The quantitative estimate of drug-likeness (QED) is 0.372. The van der Waals surface area contributed by atoms with Crippen molar-refractivity contribution in [3.05, 3.63) is 24.3 Å². The Morgan fingerprint density at radius 1 is 1.23 bits per heavy atom. The van der Waals surface area contributed by atoms with E-state index in [9.17, 15) is 19.6 Å². The van der Waals surface area contributed by atoms with Gasteiger partial charge in [-0.05, 0) is 51.6 Å². The number of hydrogen-bond acceptors (Lipinski definition) is 8. The Morgan fingerprint density at radius 2 is 1.94 bits per heavy atom. The molecule has 10 heteroatoms. The van der Waals surface area contributed by atoms with Gasteiger partial charge in [-0.1, -0.05) is 19.9 Å². The number of likely N-dealkylation sites (N-methyl/N-ethyl adjacent to an activating group) is 1. The summed E-state index contributed by atoms with van der Waals surface area (Å²) in [6, 6.07) is 9.53. The summed E-state index contributed by atoms with van der Waals surface area (Å²) < 4.78 is 4.99. The van der Waals surface area contributed by atoms with Crippen LogP contribution in [0.15, 0.2) is 24.3 Å². The van der Waals surface area contributed by atoms with Gasteiger partial charge >= 0.3 is 5.97 Å². The highest BCUT2D eigenvalue weighted by Crippen LogP contribution is 2.37. The molecule has 1 saturated heterocycles. The molecule has 1 fully saturated rings. The van der Waals surface area contributed by atoms with Gasteiger partial charge in [0.25, 0.3) is 0 Å². The standard InChI is InChI=1S/C25H37N5O4S/c1-5-29(6-2)17-22(31)28-20-11-9-10-19(15-20)27-13-12-21-24(32)30(7-3)23(35-21)14-18(16-26)25(33)34-8-4/h9-11,15,18,21,23,27H,5-8,12-14,17H2,1-4H3,(H,28,31). The molecule has 0 radical (unpaired) electrons. The molecular weight excluding hydrogens is 466 g/mol. The first-order chi connectivity index (χ1) is 16.9. The van der Waals surface area contributed by atoms with Crippen molar-refractivity contribution in [1.29, 1.82) is 5.26 Å². The zero-order valence-electron chi connectivity index (χ0n) is 21.1. The van der Waals surface area contributed by atoms with E-state index >= 15 is 0 Å². The Labute approximate surface area is 212 Å². The van der Waals surface area contributed by atoms with Crippen LogP contribution in [0.4, 0.5) is 11.4 Å². The highest BCUT2D eigenvalue weighted by Gasteiger charge is 2.41. The molecule has 192 valence electrons. The first-order valence-electron chi connectivity index (χ1n) is 12.2. The third-order valence-corrected chi connectivity index (χ3v) is 7.40. The van der Waals surface area contributed by atoms with E-state index in [1.165, 1.54) is 11.8 Å². The molecule has 2 N–H and O–H groups in total. The van der Waals surface area contributed by atoms with Gasteiger partial charge in [0.15, 0.2) is 0 Å². The smallest absolute Gasteiger partial charge is 0.323 e. The van der Waals surface area contributed by atoms with E-state index in [4.69, 9.17) is 4.74 Å². The third-order valence-electron chi connectivity index (χ3n) is 5.88. The number of rotatable bonds is 14. The second kappa shape index (κ2) is 14.6. The van der Waals surface area contributed by atoms with E-state index in [0.717, 1.165) is 24.5 Å². The molecule has 0 aliphatic carbocycles. The Morgan fingerprint density at radius 3 is 2.57 bits per heavy atom. The summed E-state index contributed by atoms with van der Waals surface area (Å²) in [6.45, 7) is 11.0. The summed E-state index contributed by atoms with van der Waals surface area (Å²) >= 11 is 1.50. The highest BCUT2D eigenvalue weighted by atomic mass is 32.2. The first-order valence-corrected chi connectivity index (χ1v) is 13.2. The van der Waals surface area contributed by atoms with Crippen molar-refractivity contribution in [2.45, 2.75) is 51.2 Å². The van der Waals surface area contributed by atoms with Crippen molar-refractivity contribution in [1.82, 2.24) is 9.80 Å². The van der Waals surface area contributed by atoms with Gasteiger partial charge in [-0.15, -0.1) is 11.8 Å². The Bertz CT molecular complexity index is 902. The molecule has 1 aromatic carbocycles. The van der Waals surface area contributed by atoms with Gasteiger partial charge in [-0.2, -0.15) is 5.26 Å². The molecule has 1 aliphatic heterocycles. The highest BCUT2D eigenvalue weighted by molar-refractivity contribution is 8.01. The van der Waals surface area contributed by atoms with Crippen LogP contribution in [-0.2, 0) is 19.1 Å². The van der Waals surface area contributed by atoms with Crippen LogP contribution in [0.1, 0.15) is 40.5 Å². The van der Waals surface area contributed by atoms with Crippen molar-refractivity contribution in [3.8, 4) is 6.07 Å². The molecule has 3 atom stereocenters. The minimum absolute atomic E-state index is 0.0299. The number of nitrogens with zero attached hydrogens (tertiary/aromatic N) is 3. The van der Waals surface area contributed by atoms with Crippen LogP contribution < -0.4 is 10.6 Å². The monoisotopic (exact) mass is 503 g/mol. The number of nitrogens with one attached hydrogen (secondary N) is 2. The molecule has 1 heterocycles. The summed E-state index contributed by atoms with van der Waals surface area (Å²) in [5.41, 5.74) is 1.58. The average Bonchev–Trinajstić information content (AvgIpc) is 3.15. The first kappa shape index (κ1) is 28.5. The van der Waals surface area contributed by atoms with E-state index in [2.05, 4.69) is 10.6 Å². The summed E-state index contributed by atoms with van der Waals surface area (Å²) in [7, 11) is 0. The average molecular weight is 504 g/mol. The van der Waals surface area contributed by atoms with Crippen LogP contribution in [0.5, 0.6) is 0 Å². The molecule has 0 saturated carbocycles. The lowest BCUT2D eigenvalue weighted by atomic mass is 10.1. The number of hydrogen-bond donors (Lipinski definition) is 2. The molecular formula is C25H37N5O4S. The number of nitriles is 1. The van der Waals surface area contributed by atoms with Crippen LogP contribution in [0, 0.1) is 17.2 Å². The zero-order valence-corrected chi connectivity index (χ0v) is 21.9. The van der Waals surface area contributed by atoms with E-state index in [0.29, 0.717) is 26.1 Å². The van der Waals surface area contributed by atoms with E-state index < -0.39 is 11.9 Å². The SMILES string of the molecule is CCOC(=O)C(C#N)CC1SC(CCNc2cccc(NC(=O)CN(CC)CC)c2)C(=O)N1CC. The third kappa shape index (κ3) is 8.44. The van der Waals surface area contributed by atoms with Gasteiger partial charge in [0, 0.05) is 30.9 Å². The van der Waals surface area contributed by atoms with E-state index in [-0.39, 0.29) is 35.5 Å². The number of benzene rings is 1. The summed E-state index contributed by atoms with van der Waals surface area (Å²) in [4.78, 5) is 41.0. The lowest BCUT2D eigenvalue weighted by Gasteiger charge is -2.23. The van der Waals surface area contributed by atoms with Gasteiger partial charge in [-0.3, -0.25) is 19.3 Å². The van der Waals surface area contributed by atoms with Gasteiger partial charge in [0.2, 0.25) is 11.8 Å². The van der Waals surface area contributed by atoms with E-state index in [1.54, 1.807) is 11.8 Å². The van der Waals surface area contributed by atoms with Crippen molar-refractivity contribution in [3.63, 3.8) is 0 Å². The topological polar surface area (TPSA) is 115 Å². The largest absolute Gasteiger partial charge is 0.465 e. The molecule has 9 nitrogen and oxygen atoms in total. The van der Waals surface area contributed by atoms with Gasteiger partial charge in [0.05, 0.1) is 29.8 Å². The number of amides is 2. The maximum absolute atomic E-state index is 12.9.